The van der Waals surface area contributed by atoms with Crippen molar-refractivity contribution in [2.24, 2.45) is 0 Å². The lowest BCUT2D eigenvalue weighted by atomic mass is 10.1. The number of nitrogens with zero attached hydrogens (tertiary/aromatic N) is 3. The lowest BCUT2D eigenvalue weighted by Gasteiger charge is -2.14. The molecule has 0 atom stereocenters. The monoisotopic (exact) mass is 333 g/mol. The van der Waals surface area contributed by atoms with Crippen LogP contribution in [-0.2, 0) is 13.0 Å². The molecule has 0 N–H and O–H groups in total. The van der Waals surface area contributed by atoms with Gasteiger partial charge in [0.2, 0.25) is 0 Å². The number of aromatic nitrogens is 3. The molecule has 1 aromatic heterocycles. The SMILES string of the molecule is Cc1ccccc1C(=O)Oc1ccc(-c2nnc3n2CCCC3)cc1. The zero-order valence-corrected chi connectivity index (χ0v) is 14.1. The summed E-state index contributed by atoms with van der Waals surface area (Å²) >= 11 is 0. The summed E-state index contributed by atoms with van der Waals surface area (Å²) in [7, 11) is 0. The van der Waals surface area contributed by atoms with Crippen molar-refractivity contribution in [3.63, 3.8) is 0 Å². The number of aryl methyl sites for hydroxylation is 2. The number of esters is 1. The molecule has 0 radical (unpaired) electrons. The molecule has 0 amide bonds. The molecule has 25 heavy (non-hydrogen) atoms. The van der Waals surface area contributed by atoms with Gasteiger partial charge in [-0.2, -0.15) is 0 Å². The molecule has 5 nitrogen and oxygen atoms in total. The van der Waals surface area contributed by atoms with Crippen LogP contribution in [0.1, 0.15) is 34.6 Å². The first kappa shape index (κ1) is 15.6. The van der Waals surface area contributed by atoms with Crippen LogP contribution in [0.5, 0.6) is 5.75 Å². The predicted molar refractivity (Wildman–Crippen MR) is 94.5 cm³/mol. The van der Waals surface area contributed by atoms with Gasteiger partial charge in [-0.3, -0.25) is 0 Å². The molecule has 1 aliphatic rings. The van der Waals surface area contributed by atoms with Crippen molar-refractivity contribution < 1.29 is 9.53 Å². The van der Waals surface area contributed by atoms with Gasteiger partial charge in [-0.15, -0.1) is 10.2 Å². The number of hydrogen-bond donors (Lipinski definition) is 0. The first-order valence-electron chi connectivity index (χ1n) is 8.53. The van der Waals surface area contributed by atoms with Crippen LogP contribution in [0.4, 0.5) is 0 Å². The molecule has 0 saturated heterocycles. The number of fused-ring (bicyclic) bond motifs is 1. The molecule has 4 rings (SSSR count). The number of hydrogen-bond acceptors (Lipinski definition) is 4. The molecule has 0 saturated carbocycles. The van der Waals surface area contributed by atoms with Crippen LogP contribution < -0.4 is 4.74 Å². The summed E-state index contributed by atoms with van der Waals surface area (Å²) in [6.07, 6.45) is 3.31. The Morgan fingerprint density at radius 2 is 1.84 bits per heavy atom. The minimum Gasteiger partial charge on any atom is -0.423 e. The van der Waals surface area contributed by atoms with Crippen LogP contribution in [0.2, 0.25) is 0 Å². The summed E-state index contributed by atoms with van der Waals surface area (Å²) in [4.78, 5) is 12.3. The molecule has 0 aliphatic carbocycles. The van der Waals surface area contributed by atoms with Gasteiger partial charge in [0, 0.05) is 18.5 Å². The van der Waals surface area contributed by atoms with Crippen LogP contribution in [0.15, 0.2) is 48.5 Å². The van der Waals surface area contributed by atoms with E-state index in [1.165, 1.54) is 6.42 Å². The highest BCUT2D eigenvalue weighted by Crippen LogP contribution is 2.25. The van der Waals surface area contributed by atoms with Crippen LogP contribution in [0.25, 0.3) is 11.4 Å². The summed E-state index contributed by atoms with van der Waals surface area (Å²) in [5, 5.41) is 8.60. The Labute approximate surface area is 146 Å². The van der Waals surface area contributed by atoms with E-state index in [1.807, 2.05) is 37.3 Å². The summed E-state index contributed by atoms with van der Waals surface area (Å²) in [6, 6.07) is 14.9. The maximum Gasteiger partial charge on any atom is 0.343 e. The topological polar surface area (TPSA) is 57.0 Å². The molecule has 2 aromatic carbocycles. The Morgan fingerprint density at radius 1 is 1.04 bits per heavy atom. The van der Waals surface area contributed by atoms with Gasteiger partial charge in [0.15, 0.2) is 5.82 Å². The molecule has 5 heteroatoms. The molecule has 126 valence electrons. The molecule has 0 bridgehead atoms. The third kappa shape index (κ3) is 3.05. The maximum absolute atomic E-state index is 12.3. The predicted octanol–water partition coefficient (Wildman–Crippen LogP) is 3.81. The van der Waals surface area contributed by atoms with Gasteiger partial charge >= 0.3 is 5.97 Å². The summed E-state index contributed by atoms with van der Waals surface area (Å²) in [6.45, 7) is 2.86. The lowest BCUT2D eigenvalue weighted by Crippen LogP contribution is -2.11. The Hall–Kier alpha value is -2.95. The Kier molecular flexibility index (Phi) is 4.06. The van der Waals surface area contributed by atoms with Gasteiger partial charge in [0.25, 0.3) is 0 Å². The second kappa shape index (κ2) is 6.51. The lowest BCUT2D eigenvalue weighted by molar-refractivity contribution is 0.0734. The third-order valence-electron chi connectivity index (χ3n) is 4.55. The Balaban J connectivity index is 1.54. The zero-order valence-electron chi connectivity index (χ0n) is 14.1. The van der Waals surface area contributed by atoms with E-state index in [2.05, 4.69) is 14.8 Å². The van der Waals surface area contributed by atoms with Crippen molar-refractivity contribution in [2.75, 3.05) is 0 Å². The maximum atomic E-state index is 12.3. The number of carbonyl (C=O) groups excluding carboxylic acids is 1. The highest BCUT2D eigenvalue weighted by Gasteiger charge is 2.17. The smallest absolute Gasteiger partial charge is 0.343 e. The van der Waals surface area contributed by atoms with Crippen LogP contribution in [-0.4, -0.2) is 20.7 Å². The quantitative estimate of drug-likeness (QED) is 0.540. The molecule has 0 spiro atoms. The summed E-state index contributed by atoms with van der Waals surface area (Å²) < 4.78 is 7.66. The van der Waals surface area contributed by atoms with Crippen LogP contribution in [0, 0.1) is 6.92 Å². The molecule has 3 aromatic rings. The average Bonchev–Trinajstić information content (AvgIpc) is 3.07. The molecule has 2 heterocycles. The normalized spacial score (nSPS) is 13.3. The van der Waals surface area contributed by atoms with E-state index in [0.29, 0.717) is 11.3 Å². The molecular formula is C20H19N3O2. The molecule has 0 fully saturated rings. The first-order valence-corrected chi connectivity index (χ1v) is 8.53. The second-order valence-corrected chi connectivity index (χ2v) is 6.28. The van der Waals surface area contributed by atoms with E-state index in [0.717, 1.165) is 42.2 Å². The largest absolute Gasteiger partial charge is 0.423 e. The van der Waals surface area contributed by atoms with Gasteiger partial charge in [-0.25, -0.2) is 4.79 Å². The first-order chi connectivity index (χ1) is 12.2. The van der Waals surface area contributed by atoms with Crippen molar-refractivity contribution in [3.8, 4) is 17.1 Å². The second-order valence-electron chi connectivity index (χ2n) is 6.28. The van der Waals surface area contributed by atoms with Crippen molar-refractivity contribution in [1.82, 2.24) is 14.8 Å². The highest BCUT2D eigenvalue weighted by molar-refractivity contribution is 5.92. The van der Waals surface area contributed by atoms with E-state index in [-0.39, 0.29) is 5.97 Å². The standard InChI is InChI=1S/C20H19N3O2/c1-14-6-2-3-7-17(14)20(24)25-16-11-9-15(10-12-16)19-22-21-18-8-4-5-13-23(18)19/h2-3,6-7,9-12H,4-5,8,13H2,1H3. The minimum absolute atomic E-state index is 0.342. The van der Waals surface area contributed by atoms with E-state index in [9.17, 15) is 4.79 Å². The molecular weight excluding hydrogens is 314 g/mol. The summed E-state index contributed by atoms with van der Waals surface area (Å²) in [5.41, 5.74) is 2.47. The number of carbonyl (C=O) groups is 1. The van der Waals surface area contributed by atoms with Crippen LogP contribution >= 0.6 is 0 Å². The number of rotatable bonds is 3. The fourth-order valence-corrected chi connectivity index (χ4v) is 3.16. The average molecular weight is 333 g/mol. The van der Waals surface area contributed by atoms with Crippen molar-refractivity contribution in [2.45, 2.75) is 32.7 Å². The highest BCUT2D eigenvalue weighted by atomic mass is 16.5. The van der Waals surface area contributed by atoms with Crippen molar-refractivity contribution in [1.29, 1.82) is 0 Å². The van der Waals surface area contributed by atoms with Gasteiger partial charge in [0.05, 0.1) is 5.56 Å². The van der Waals surface area contributed by atoms with Crippen LogP contribution in [0.3, 0.4) is 0 Å². The van der Waals surface area contributed by atoms with Gasteiger partial charge in [0.1, 0.15) is 11.6 Å². The minimum atomic E-state index is -0.342. The zero-order chi connectivity index (χ0) is 17.2. The van der Waals surface area contributed by atoms with Crippen molar-refractivity contribution in [3.05, 3.63) is 65.5 Å². The Bertz CT molecular complexity index is 913. The van der Waals surface area contributed by atoms with Crippen molar-refractivity contribution >= 4 is 5.97 Å². The molecule has 0 unspecified atom stereocenters. The number of ether oxygens (including phenoxy) is 1. The van der Waals surface area contributed by atoms with Gasteiger partial charge < -0.3 is 9.30 Å². The summed E-state index contributed by atoms with van der Waals surface area (Å²) in [5.74, 6) is 2.11. The fourth-order valence-electron chi connectivity index (χ4n) is 3.16. The fraction of sp³-hybridized carbons (Fsp3) is 0.250. The van der Waals surface area contributed by atoms with Gasteiger partial charge in [-0.05, 0) is 55.7 Å². The van der Waals surface area contributed by atoms with E-state index in [4.69, 9.17) is 4.74 Å². The van der Waals surface area contributed by atoms with E-state index >= 15 is 0 Å². The Morgan fingerprint density at radius 3 is 2.64 bits per heavy atom. The van der Waals surface area contributed by atoms with Gasteiger partial charge in [-0.1, -0.05) is 18.2 Å². The van der Waals surface area contributed by atoms with E-state index in [1.54, 1.807) is 18.2 Å². The van der Waals surface area contributed by atoms with E-state index < -0.39 is 0 Å². The number of benzene rings is 2. The molecule has 1 aliphatic heterocycles. The third-order valence-corrected chi connectivity index (χ3v) is 4.55.